The molecule has 5 nitrogen and oxygen atoms in total. The number of hydrogen-bond donors (Lipinski definition) is 2. The lowest BCUT2D eigenvalue weighted by Gasteiger charge is -2.34. The summed E-state index contributed by atoms with van der Waals surface area (Å²) in [4.78, 5) is 11.7. The summed E-state index contributed by atoms with van der Waals surface area (Å²) in [6, 6.07) is 3.09. The van der Waals surface area contributed by atoms with Gasteiger partial charge >= 0.3 is 5.97 Å². The molecule has 1 aliphatic rings. The van der Waals surface area contributed by atoms with Crippen molar-refractivity contribution in [1.82, 2.24) is 0 Å². The molecule has 110 valence electrons. The number of phenols is 1. The molecular formula is C15H21NO4. The Hall–Kier alpha value is -1.75. The standard InChI is InChI=1S/C15H21NO4/c1-19-12-9-10(14(18)20-2)8-11(13(12)17)15(16)6-4-3-5-7-15/h8-9,17H,3-7,16H2,1-2H3. The number of esters is 1. The number of phenolic OH excluding ortho intramolecular Hbond substituents is 1. The largest absolute Gasteiger partial charge is 0.504 e. The molecule has 1 fully saturated rings. The molecule has 0 radical (unpaired) electrons. The van der Waals surface area contributed by atoms with Gasteiger partial charge in [-0.1, -0.05) is 19.3 Å². The van der Waals surface area contributed by atoms with Crippen molar-refractivity contribution in [1.29, 1.82) is 0 Å². The van der Waals surface area contributed by atoms with E-state index in [2.05, 4.69) is 0 Å². The Morgan fingerprint density at radius 3 is 2.45 bits per heavy atom. The SMILES string of the molecule is COC(=O)c1cc(OC)c(O)c(C2(N)CCCCC2)c1. The van der Waals surface area contributed by atoms with Crippen LogP contribution in [0.4, 0.5) is 0 Å². The number of benzene rings is 1. The first-order valence-corrected chi connectivity index (χ1v) is 6.80. The van der Waals surface area contributed by atoms with Gasteiger partial charge in [-0.3, -0.25) is 0 Å². The molecule has 1 aromatic carbocycles. The fourth-order valence-corrected chi connectivity index (χ4v) is 2.83. The highest BCUT2D eigenvalue weighted by Gasteiger charge is 2.34. The predicted molar refractivity (Wildman–Crippen MR) is 74.9 cm³/mol. The Labute approximate surface area is 118 Å². The third-order valence-corrected chi connectivity index (χ3v) is 4.00. The zero-order valence-corrected chi connectivity index (χ0v) is 11.9. The van der Waals surface area contributed by atoms with Crippen LogP contribution in [0.15, 0.2) is 12.1 Å². The van der Waals surface area contributed by atoms with Crippen molar-refractivity contribution >= 4 is 5.97 Å². The van der Waals surface area contributed by atoms with E-state index in [1.54, 1.807) is 6.07 Å². The summed E-state index contributed by atoms with van der Waals surface area (Å²) in [5.74, 6) is -0.202. The van der Waals surface area contributed by atoms with E-state index in [0.29, 0.717) is 11.1 Å². The first-order chi connectivity index (χ1) is 9.51. The quantitative estimate of drug-likeness (QED) is 0.830. The highest BCUT2D eigenvalue weighted by molar-refractivity contribution is 5.90. The second-order valence-electron chi connectivity index (χ2n) is 5.28. The van der Waals surface area contributed by atoms with E-state index in [1.165, 1.54) is 20.3 Å². The van der Waals surface area contributed by atoms with Gasteiger partial charge in [0.2, 0.25) is 0 Å². The highest BCUT2D eigenvalue weighted by Crippen LogP contribution is 2.43. The Balaban J connectivity index is 2.52. The molecule has 1 aliphatic carbocycles. The summed E-state index contributed by atoms with van der Waals surface area (Å²) < 4.78 is 9.88. The lowest BCUT2D eigenvalue weighted by molar-refractivity contribution is 0.0600. The molecule has 1 saturated carbocycles. The zero-order chi connectivity index (χ0) is 14.8. The molecule has 20 heavy (non-hydrogen) atoms. The number of aromatic hydroxyl groups is 1. The van der Waals surface area contributed by atoms with Gasteiger partial charge in [0.05, 0.1) is 19.8 Å². The third-order valence-electron chi connectivity index (χ3n) is 4.00. The zero-order valence-electron chi connectivity index (χ0n) is 11.9. The Morgan fingerprint density at radius 2 is 1.90 bits per heavy atom. The van der Waals surface area contributed by atoms with E-state index in [4.69, 9.17) is 15.2 Å². The summed E-state index contributed by atoms with van der Waals surface area (Å²) in [6.45, 7) is 0. The minimum Gasteiger partial charge on any atom is -0.504 e. The summed E-state index contributed by atoms with van der Waals surface area (Å²) in [5, 5.41) is 10.3. The molecule has 0 aromatic heterocycles. The van der Waals surface area contributed by atoms with Crippen LogP contribution in [0.2, 0.25) is 0 Å². The number of rotatable bonds is 3. The third kappa shape index (κ3) is 2.58. The Kier molecular flexibility index (Phi) is 4.18. The van der Waals surface area contributed by atoms with Crippen molar-refractivity contribution in [2.24, 2.45) is 5.73 Å². The number of hydrogen-bond acceptors (Lipinski definition) is 5. The lowest BCUT2D eigenvalue weighted by Crippen LogP contribution is -2.38. The van der Waals surface area contributed by atoms with Crippen LogP contribution in [-0.4, -0.2) is 25.3 Å². The summed E-state index contributed by atoms with van der Waals surface area (Å²) in [5.41, 5.74) is 6.74. The van der Waals surface area contributed by atoms with E-state index in [9.17, 15) is 9.90 Å². The average Bonchev–Trinajstić information content (AvgIpc) is 2.47. The molecule has 0 aliphatic heterocycles. The number of methoxy groups -OCH3 is 2. The van der Waals surface area contributed by atoms with E-state index in [1.807, 2.05) is 0 Å². The molecule has 5 heteroatoms. The molecule has 3 N–H and O–H groups in total. The first-order valence-electron chi connectivity index (χ1n) is 6.80. The number of carbonyl (C=O) groups is 1. The Bertz CT molecular complexity index is 507. The molecule has 0 bridgehead atoms. The van der Waals surface area contributed by atoms with E-state index in [-0.39, 0.29) is 11.5 Å². The number of carbonyl (C=O) groups excluding carboxylic acids is 1. The average molecular weight is 279 g/mol. The normalized spacial score (nSPS) is 17.6. The van der Waals surface area contributed by atoms with Crippen LogP contribution in [-0.2, 0) is 10.3 Å². The van der Waals surface area contributed by atoms with Crippen LogP contribution in [0.3, 0.4) is 0 Å². The van der Waals surface area contributed by atoms with Crippen LogP contribution in [0.5, 0.6) is 11.5 Å². The molecule has 0 saturated heterocycles. The van der Waals surface area contributed by atoms with Gasteiger partial charge in [-0.05, 0) is 25.0 Å². The Morgan fingerprint density at radius 1 is 1.25 bits per heavy atom. The molecule has 0 unspecified atom stereocenters. The molecule has 0 heterocycles. The van der Waals surface area contributed by atoms with Gasteiger partial charge in [0.15, 0.2) is 11.5 Å². The van der Waals surface area contributed by atoms with Crippen LogP contribution < -0.4 is 10.5 Å². The predicted octanol–water partition coefficient (Wildman–Crippen LogP) is 2.31. The van der Waals surface area contributed by atoms with E-state index < -0.39 is 11.5 Å². The maximum absolute atomic E-state index is 11.7. The molecule has 0 spiro atoms. The number of nitrogens with two attached hydrogens (primary N) is 1. The van der Waals surface area contributed by atoms with Gasteiger partial charge < -0.3 is 20.3 Å². The second-order valence-corrected chi connectivity index (χ2v) is 5.28. The first kappa shape index (κ1) is 14.7. The molecule has 0 amide bonds. The topological polar surface area (TPSA) is 81.8 Å². The van der Waals surface area contributed by atoms with E-state index >= 15 is 0 Å². The number of ether oxygens (including phenoxy) is 2. The molecule has 2 rings (SSSR count). The fraction of sp³-hybridized carbons (Fsp3) is 0.533. The molecule has 1 aromatic rings. The highest BCUT2D eigenvalue weighted by atomic mass is 16.5. The molecular weight excluding hydrogens is 258 g/mol. The van der Waals surface area contributed by atoms with Crippen molar-refractivity contribution in [2.45, 2.75) is 37.6 Å². The summed E-state index contributed by atoms with van der Waals surface area (Å²) in [7, 11) is 2.77. The van der Waals surface area contributed by atoms with Crippen LogP contribution in [0, 0.1) is 0 Å². The fourth-order valence-electron chi connectivity index (χ4n) is 2.83. The molecule has 0 atom stereocenters. The van der Waals surface area contributed by atoms with Crippen LogP contribution >= 0.6 is 0 Å². The lowest BCUT2D eigenvalue weighted by atomic mass is 9.76. The van der Waals surface area contributed by atoms with Gasteiger partial charge in [0.1, 0.15) is 0 Å². The van der Waals surface area contributed by atoms with Crippen molar-refractivity contribution in [3.8, 4) is 11.5 Å². The van der Waals surface area contributed by atoms with E-state index in [0.717, 1.165) is 32.1 Å². The smallest absolute Gasteiger partial charge is 0.337 e. The summed E-state index contributed by atoms with van der Waals surface area (Å²) in [6.07, 6.45) is 4.75. The maximum Gasteiger partial charge on any atom is 0.337 e. The van der Waals surface area contributed by atoms with Gasteiger partial charge in [0, 0.05) is 11.1 Å². The minimum absolute atomic E-state index is 0.0181. The monoisotopic (exact) mass is 279 g/mol. The van der Waals surface area contributed by atoms with Gasteiger partial charge in [0.25, 0.3) is 0 Å². The minimum atomic E-state index is -0.611. The van der Waals surface area contributed by atoms with Gasteiger partial charge in [-0.15, -0.1) is 0 Å². The van der Waals surface area contributed by atoms with Gasteiger partial charge in [-0.25, -0.2) is 4.79 Å². The van der Waals surface area contributed by atoms with Crippen LogP contribution in [0.1, 0.15) is 48.0 Å². The maximum atomic E-state index is 11.7. The van der Waals surface area contributed by atoms with Crippen molar-refractivity contribution in [3.63, 3.8) is 0 Å². The van der Waals surface area contributed by atoms with Crippen LogP contribution in [0.25, 0.3) is 0 Å². The van der Waals surface area contributed by atoms with Crippen molar-refractivity contribution in [2.75, 3.05) is 14.2 Å². The van der Waals surface area contributed by atoms with Crippen molar-refractivity contribution < 1.29 is 19.4 Å². The second kappa shape index (κ2) is 5.71. The summed E-state index contributed by atoms with van der Waals surface area (Å²) >= 11 is 0. The van der Waals surface area contributed by atoms with Crippen molar-refractivity contribution in [3.05, 3.63) is 23.3 Å². The van der Waals surface area contributed by atoms with Gasteiger partial charge in [-0.2, -0.15) is 0 Å².